The molecule has 1 saturated carbocycles. The molecule has 0 saturated heterocycles. The second kappa shape index (κ2) is 9.58. The van der Waals surface area contributed by atoms with Crippen molar-refractivity contribution in [2.75, 3.05) is 5.32 Å². The molecule has 1 aromatic heterocycles. The smallest absolute Gasteiger partial charge is 0.319 e. The highest BCUT2D eigenvalue weighted by Crippen LogP contribution is 2.37. The van der Waals surface area contributed by atoms with E-state index >= 15 is 0 Å². The summed E-state index contributed by atoms with van der Waals surface area (Å²) in [5.74, 6) is 0. The van der Waals surface area contributed by atoms with Gasteiger partial charge in [-0.1, -0.05) is 30.3 Å². The molecule has 2 N–H and O–H groups in total. The summed E-state index contributed by atoms with van der Waals surface area (Å²) in [6, 6.07) is 22.8. The largest absolute Gasteiger partial charge is 0.334 e. The predicted octanol–water partition coefficient (Wildman–Crippen LogP) is 5.08. The van der Waals surface area contributed by atoms with E-state index in [1.165, 1.54) is 23.3 Å². The van der Waals surface area contributed by atoms with Crippen LogP contribution in [0.4, 0.5) is 10.5 Å². The van der Waals surface area contributed by atoms with Crippen LogP contribution in [0.2, 0.25) is 0 Å². The molecule has 2 aromatic carbocycles. The number of carbonyl (C=O) groups excluding carboxylic acids is 1. The first-order valence-corrected chi connectivity index (χ1v) is 10.6. The lowest BCUT2D eigenvalue weighted by Crippen LogP contribution is -2.28. The van der Waals surface area contributed by atoms with Crippen molar-refractivity contribution in [3.05, 3.63) is 90.3 Å². The van der Waals surface area contributed by atoms with Crippen molar-refractivity contribution in [1.82, 2.24) is 14.6 Å². The standard InChI is InChI=1S/C23H24N4OS/c28-23(25-16-18-12-14-24-15-13-18)26-20-6-10-22(11-7-20)29-27(21-8-9-21)17-19-4-2-1-3-5-19/h1-7,10-15,21H,8-9,16-17H2,(H2,25,26,28). The van der Waals surface area contributed by atoms with Gasteiger partial charge in [0.1, 0.15) is 0 Å². The van der Waals surface area contributed by atoms with Crippen molar-refractivity contribution >= 4 is 23.7 Å². The second-order valence-electron chi connectivity index (χ2n) is 7.07. The van der Waals surface area contributed by atoms with Gasteiger partial charge in [0.25, 0.3) is 0 Å². The van der Waals surface area contributed by atoms with Crippen LogP contribution in [0.1, 0.15) is 24.0 Å². The average molecular weight is 405 g/mol. The van der Waals surface area contributed by atoms with Gasteiger partial charge in [0.2, 0.25) is 0 Å². The van der Waals surface area contributed by atoms with Crippen LogP contribution in [-0.4, -0.2) is 21.4 Å². The van der Waals surface area contributed by atoms with Crippen LogP contribution in [-0.2, 0) is 13.1 Å². The van der Waals surface area contributed by atoms with Gasteiger partial charge in [0.05, 0.1) is 0 Å². The molecule has 0 unspecified atom stereocenters. The van der Waals surface area contributed by atoms with E-state index in [-0.39, 0.29) is 6.03 Å². The lowest BCUT2D eigenvalue weighted by molar-refractivity contribution is 0.251. The van der Waals surface area contributed by atoms with E-state index in [2.05, 4.69) is 62.4 Å². The van der Waals surface area contributed by atoms with Crippen molar-refractivity contribution in [2.24, 2.45) is 0 Å². The van der Waals surface area contributed by atoms with Crippen LogP contribution in [0.25, 0.3) is 0 Å². The van der Waals surface area contributed by atoms with Gasteiger partial charge in [-0.3, -0.25) is 4.98 Å². The maximum Gasteiger partial charge on any atom is 0.319 e. The lowest BCUT2D eigenvalue weighted by Gasteiger charge is -2.21. The number of aromatic nitrogens is 1. The summed E-state index contributed by atoms with van der Waals surface area (Å²) in [6.07, 6.45) is 5.95. The van der Waals surface area contributed by atoms with Gasteiger partial charge in [0.15, 0.2) is 0 Å². The molecule has 1 aliphatic carbocycles. The maximum atomic E-state index is 12.1. The van der Waals surface area contributed by atoms with E-state index < -0.39 is 0 Å². The highest BCUT2D eigenvalue weighted by atomic mass is 32.2. The number of amides is 2. The number of benzene rings is 2. The highest BCUT2D eigenvalue weighted by molar-refractivity contribution is 7.97. The van der Waals surface area contributed by atoms with Crippen molar-refractivity contribution in [1.29, 1.82) is 0 Å². The number of hydrogen-bond donors (Lipinski definition) is 2. The fourth-order valence-electron chi connectivity index (χ4n) is 2.95. The molecule has 148 valence electrons. The van der Waals surface area contributed by atoms with E-state index in [1.54, 1.807) is 24.3 Å². The summed E-state index contributed by atoms with van der Waals surface area (Å²) in [4.78, 5) is 17.2. The fourth-order valence-corrected chi connectivity index (χ4v) is 4.06. The van der Waals surface area contributed by atoms with Gasteiger partial charge < -0.3 is 10.6 Å². The molecule has 2 amide bonds. The molecule has 1 heterocycles. The number of pyridine rings is 1. The number of hydrogen-bond acceptors (Lipinski definition) is 4. The zero-order chi connectivity index (χ0) is 19.9. The van der Waals surface area contributed by atoms with E-state index in [9.17, 15) is 4.79 Å². The topological polar surface area (TPSA) is 57.3 Å². The molecular formula is C23H24N4OS. The number of carbonyl (C=O) groups is 1. The van der Waals surface area contributed by atoms with Crippen molar-refractivity contribution in [2.45, 2.75) is 36.9 Å². The van der Waals surface area contributed by atoms with Gasteiger partial charge in [-0.25, -0.2) is 9.10 Å². The van der Waals surface area contributed by atoms with E-state index in [4.69, 9.17) is 0 Å². The molecule has 1 aliphatic rings. The second-order valence-corrected chi connectivity index (χ2v) is 8.19. The molecule has 0 atom stereocenters. The molecular weight excluding hydrogens is 380 g/mol. The molecule has 0 radical (unpaired) electrons. The zero-order valence-electron chi connectivity index (χ0n) is 16.1. The third-order valence-corrected chi connectivity index (χ3v) is 5.82. The molecule has 4 rings (SSSR count). The van der Waals surface area contributed by atoms with Crippen LogP contribution >= 0.6 is 11.9 Å². The van der Waals surface area contributed by atoms with E-state index in [0.717, 1.165) is 17.8 Å². The summed E-state index contributed by atoms with van der Waals surface area (Å²) in [7, 11) is 0. The summed E-state index contributed by atoms with van der Waals surface area (Å²) in [5, 5.41) is 5.73. The van der Waals surface area contributed by atoms with Gasteiger partial charge in [-0.05, 0) is 72.3 Å². The Morgan fingerprint density at radius 2 is 1.69 bits per heavy atom. The predicted molar refractivity (Wildman–Crippen MR) is 117 cm³/mol. The molecule has 5 nitrogen and oxygen atoms in total. The molecule has 0 aliphatic heterocycles. The Balaban J connectivity index is 1.29. The fraction of sp³-hybridized carbons (Fsp3) is 0.217. The molecule has 29 heavy (non-hydrogen) atoms. The van der Waals surface area contributed by atoms with Gasteiger partial charge in [-0.2, -0.15) is 0 Å². The van der Waals surface area contributed by atoms with E-state index in [0.29, 0.717) is 12.6 Å². The third-order valence-electron chi connectivity index (χ3n) is 4.67. The zero-order valence-corrected chi connectivity index (χ0v) is 16.9. The SMILES string of the molecule is O=C(NCc1ccncc1)Nc1ccc(SN(Cc2ccccc2)C2CC2)cc1. The third kappa shape index (κ3) is 6.07. The Bertz CT molecular complexity index is 915. The molecule has 0 bridgehead atoms. The first-order chi connectivity index (χ1) is 14.3. The summed E-state index contributed by atoms with van der Waals surface area (Å²) >= 11 is 1.79. The molecule has 6 heteroatoms. The normalized spacial score (nSPS) is 13.3. The van der Waals surface area contributed by atoms with Crippen LogP contribution in [0.15, 0.2) is 84.0 Å². The highest BCUT2D eigenvalue weighted by Gasteiger charge is 2.29. The van der Waals surface area contributed by atoms with Crippen molar-refractivity contribution < 1.29 is 4.79 Å². The maximum absolute atomic E-state index is 12.1. The number of anilines is 1. The van der Waals surface area contributed by atoms with Gasteiger partial charge >= 0.3 is 6.03 Å². The number of rotatable bonds is 8. The molecule has 1 fully saturated rings. The summed E-state index contributed by atoms with van der Waals surface area (Å²) in [6.45, 7) is 1.41. The number of urea groups is 1. The Hall–Kier alpha value is -2.83. The van der Waals surface area contributed by atoms with Crippen LogP contribution < -0.4 is 10.6 Å². The molecule has 0 spiro atoms. The minimum Gasteiger partial charge on any atom is -0.334 e. The monoisotopic (exact) mass is 404 g/mol. The Morgan fingerprint density at radius 3 is 2.38 bits per heavy atom. The van der Waals surface area contributed by atoms with Gasteiger partial charge in [-0.15, -0.1) is 0 Å². The summed E-state index contributed by atoms with van der Waals surface area (Å²) < 4.78 is 2.46. The number of nitrogens with one attached hydrogen (secondary N) is 2. The molecule has 3 aromatic rings. The Morgan fingerprint density at radius 1 is 0.966 bits per heavy atom. The number of nitrogens with zero attached hydrogens (tertiary/aromatic N) is 2. The lowest BCUT2D eigenvalue weighted by atomic mass is 10.2. The minimum absolute atomic E-state index is 0.217. The first-order valence-electron chi connectivity index (χ1n) is 9.78. The Labute approximate surface area is 175 Å². The quantitative estimate of drug-likeness (QED) is 0.514. The minimum atomic E-state index is -0.217. The average Bonchev–Trinajstić information content (AvgIpc) is 3.60. The van der Waals surface area contributed by atoms with Crippen LogP contribution in [0, 0.1) is 0 Å². The Kier molecular flexibility index (Phi) is 6.44. The van der Waals surface area contributed by atoms with Crippen molar-refractivity contribution in [3.63, 3.8) is 0 Å². The van der Waals surface area contributed by atoms with Gasteiger partial charge in [0, 0.05) is 42.1 Å². The van der Waals surface area contributed by atoms with E-state index in [1.807, 2.05) is 24.3 Å². The van der Waals surface area contributed by atoms with Crippen LogP contribution in [0.5, 0.6) is 0 Å². The first kappa shape index (κ1) is 19.5. The van der Waals surface area contributed by atoms with Crippen LogP contribution in [0.3, 0.4) is 0 Å². The van der Waals surface area contributed by atoms with Crippen molar-refractivity contribution in [3.8, 4) is 0 Å². The summed E-state index contributed by atoms with van der Waals surface area (Å²) in [5.41, 5.74) is 3.12.